The zero-order chi connectivity index (χ0) is 11.3. The summed E-state index contributed by atoms with van der Waals surface area (Å²) in [5.74, 6) is 0. The molecule has 0 aromatic carbocycles. The van der Waals surface area contributed by atoms with Gasteiger partial charge in [0.15, 0.2) is 0 Å². The fraction of sp³-hybridized carbons (Fsp3) is 0.846. The minimum absolute atomic E-state index is 0.253. The summed E-state index contributed by atoms with van der Waals surface area (Å²) in [6, 6.07) is 0.859. The summed E-state index contributed by atoms with van der Waals surface area (Å²) in [5, 5.41) is 3.53. The van der Waals surface area contributed by atoms with Gasteiger partial charge in [-0.1, -0.05) is 6.08 Å². The van der Waals surface area contributed by atoms with Gasteiger partial charge in [-0.25, -0.2) is 0 Å². The molecular weight excluding hydrogens is 184 g/mol. The Labute approximate surface area is 94.7 Å². The summed E-state index contributed by atoms with van der Waals surface area (Å²) >= 11 is 0. The second-order valence-electron chi connectivity index (χ2n) is 5.55. The Morgan fingerprint density at radius 3 is 2.53 bits per heavy atom. The van der Waals surface area contributed by atoms with Gasteiger partial charge in [0.1, 0.15) is 0 Å². The number of nitrogens with zero attached hydrogens (tertiary/aromatic N) is 1. The molecule has 88 valence electrons. The highest BCUT2D eigenvalue weighted by molar-refractivity contribution is 4.88. The first-order valence-corrected chi connectivity index (χ1v) is 6.13. The molecule has 0 spiro atoms. The number of nitrogens with one attached hydrogen (secondary N) is 1. The molecule has 1 aliphatic rings. The lowest BCUT2D eigenvalue weighted by Crippen LogP contribution is -2.38. The molecule has 0 aromatic heterocycles. The van der Waals surface area contributed by atoms with E-state index in [1.54, 1.807) is 0 Å². The van der Waals surface area contributed by atoms with Gasteiger partial charge in [0.2, 0.25) is 0 Å². The summed E-state index contributed by atoms with van der Waals surface area (Å²) < 4.78 is 0. The third-order valence-electron chi connectivity index (χ3n) is 2.70. The Hall–Kier alpha value is -0.340. The van der Waals surface area contributed by atoms with E-state index in [0.29, 0.717) is 0 Å². The molecule has 1 saturated carbocycles. The maximum Gasteiger partial charge on any atom is 0.0163 e. The van der Waals surface area contributed by atoms with Crippen molar-refractivity contribution in [3.05, 3.63) is 12.7 Å². The van der Waals surface area contributed by atoms with Gasteiger partial charge in [-0.2, -0.15) is 0 Å². The van der Waals surface area contributed by atoms with Crippen molar-refractivity contribution in [1.82, 2.24) is 10.2 Å². The van der Waals surface area contributed by atoms with Gasteiger partial charge in [-0.15, -0.1) is 6.58 Å². The first-order chi connectivity index (χ1) is 7.03. The van der Waals surface area contributed by atoms with E-state index in [1.165, 1.54) is 25.8 Å². The quantitative estimate of drug-likeness (QED) is 0.513. The van der Waals surface area contributed by atoms with E-state index >= 15 is 0 Å². The van der Waals surface area contributed by atoms with Crippen molar-refractivity contribution in [2.24, 2.45) is 0 Å². The predicted octanol–water partition coefficient (Wildman–Crippen LogP) is 2.42. The molecule has 0 aromatic rings. The normalized spacial score (nSPS) is 17.1. The minimum atomic E-state index is 0.253. The van der Waals surface area contributed by atoms with Gasteiger partial charge in [-0.05, 0) is 53.1 Å². The first kappa shape index (κ1) is 12.7. The zero-order valence-electron chi connectivity index (χ0n) is 10.6. The molecule has 1 rings (SSSR count). The molecule has 0 bridgehead atoms. The highest BCUT2D eigenvalue weighted by Crippen LogP contribution is 2.26. The van der Waals surface area contributed by atoms with Crippen molar-refractivity contribution < 1.29 is 0 Å². The molecule has 15 heavy (non-hydrogen) atoms. The molecule has 1 N–H and O–H groups in total. The highest BCUT2D eigenvalue weighted by Gasteiger charge is 2.27. The fourth-order valence-corrected chi connectivity index (χ4v) is 1.77. The van der Waals surface area contributed by atoms with Gasteiger partial charge >= 0.3 is 0 Å². The second kappa shape index (κ2) is 5.66. The number of hydrogen-bond acceptors (Lipinski definition) is 2. The van der Waals surface area contributed by atoms with Crippen LogP contribution in [0.25, 0.3) is 0 Å². The first-order valence-electron chi connectivity index (χ1n) is 6.13. The van der Waals surface area contributed by atoms with Crippen LogP contribution in [0.5, 0.6) is 0 Å². The van der Waals surface area contributed by atoms with Crippen molar-refractivity contribution in [3.63, 3.8) is 0 Å². The third kappa shape index (κ3) is 5.95. The minimum Gasteiger partial charge on any atom is -0.312 e. The molecule has 2 heteroatoms. The fourth-order valence-electron chi connectivity index (χ4n) is 1.77. The molecule has 1 fully saturated rings. The van der Waals surface area contributed by atoms with E-state index in [4.69, 9.17) is 0 Å². The molecule has 0 aliphatic heterocycles. The number of rotatable bonds is 7. The van der Waals surface area contributed by atoms with Crippen LogP contribution < -0.4 is 5.32 Å². The summed E-state index contributed by atoms with van der Waals surface area (Å²) in [5.41, 5.74) is 0.253. The van der Waals surface area contributed by atoms with E-state index in [1.807, 2.05) is 6.08 Å². The Bertz CT molecular complexity index is 189. The standard InChI is InChI=1S/C13H26N2/c1-5-10-15(12-7-8-12)11-6-9-14-13(2,3)4/h5,12,14H,1,6-11H2,2-4H3. The molecule has 0 saturated heterocycles. The highest BCUT2D eigenvalue weighted by atomic mass is 15.2. The Morgan fingerprint density at radius 2 is 2.07 bits per heavy atom. The van der Waals surface area contributed by atoms with Crippen molar-refractivity contribution in [2.45, 2.75) is 51.6 Å². The summed E-state index contributed by atoms with van der Waals surface area (Å²) in [6.07, 6.45) is 6.04. The lowest BCUT2D eigenvalue weighted by Gasteiger charge is -2.23. The number of hydrogen-bond donors (Lipinski definition) is 1. The van der Waals surface area contributed by atoms with Crippen LogP contribution in [0, 0.1) is 0 Å². The van der Waals surface area contributed by atoms with Crippen LogP contribution >= 0.6 is 0 Å². The van der Waals surface area contributed by atoms with Gasteiger partial charge in [0.05, 0.1) is 0 Å². The van der Waals surface area contributed by atoms with Crippen LogP contribution in [-0.2, 0) is 0 Å². The van der Waals surface area contributed by atoms with Crippen LogP contribution in [0.4, 0.5) is 0 Å². The van der Waals surface area contributed by atoms with E-state index in [-0.39, 0.29) is 5.54 Å². The van der Waals surface area contributed by atoms with Crippen LogP contribution in [-0.4, -0.2) is 36.1 Å². The molecule has 0 unspecified atom stereocenters. The monoisotopic (exact) mass is 210 g/mol. The molecule has 0 radical (unpaired) electrons. The Kier molecular flexibility index (Phi) is 4.81. The lowest BCUT2D eigenvalue weighted by molar-refractivity contribution is 0.280. The van der Waals surface area contributed by atoms with E-state index in [9.17, 15) is 0 Å². The lowest BCUT2D eigenvalue weighted by atomic mass is 10.1. The van der Waals surface area contributed by atoms with Gasteiger partial charge < -0.3 is 5.32 Å². The largest absolute Gasteiger partial charge is 0.312 e. The van der Waals surface area contributed by atoms with Crippen LogP contribution in [0.3, 0.4) is 0 Å². The maximum absolute atomic E-state index is 3.82. The van der Waals surface area contributed by atoms with Crippen LogP contribution in [0.2, 0.25) is 0 Å². The van der Waals surface area contributed by atoms with Crippen molar-refractivity contribution >= 4 is 0 Å². The molecule has 0 amide bonds. The summed E-state index contributed by atoms with van der Waals surface area (Å²) in [6.45, 7) is 13.9. The smallest absolute Gasteiger partial charge is 0.0163 e. The molecule has 0 atom stereocenters. The van der Waals surface area contributed by atoms with E-state index < -0.39 is 0 Å². The SMILES string of the molecule is C=CCN(CCCNC(C)(C)C)C1CC1. The van der Waals surface area contributed by atoms with Gasteiger partial charge in [0, 0.05) is 18.1 Å². The van der Waals surface area contributed by atoms with Crippen molar-refractivity contribution in [2.75, 3.05) is 19.6 Å². The Morgan fingerprint density at radius 1 is 1.40 bits per heavy atom. The topological polar surface area (TPSA) is 15.3 Å². The third-order valence-corrected chi connectivity index (χ3v) is 2.70. The van der Waals surface area contributed by atoms with Gasteiger partial charge in [-0.3, -0.25) is 4.90 Å². The van der Waals surface area contributed by atoms with Crippen LogP contribution in [0.1, 0.15) is 40.0 Å². The Balaban J connectivity index is 2.08. The molecule has 2 nitrogen and oxygen atoms in total. The van der Waals surface area contributed by atoms with Crippen molar-refractivity contribution in [1.29, 1.82) is 0 Å². The zero-order valence-corrected chi connectivity index (χ0v) is 10.6. The average molecular weight is 210 g/mol. The van der Waals surface area contributed by atoms with E-state index in [0.717, 1.165) is 19.1 Å². The maximum atomic E-state index is 3.82. The second-order valence-corrected chi connectivity index (χ2v) is 5.55. The predicted molar refractivity (Wildman–Crippen MR) is 67.2 cm³/mol. The van der Waals surface area contributed by atoms with Gasteiger partial charge in [0.25, 0.3) is 0 Å². The summed E-state index contributed by atoms with van der Waals surface area (Å²) in [4.78, 5) is 2.55. The van der Waals surface area contributed by atoms with Crippen LogP contribution in [0.15, 0.2) is 12.7 Å². The average Bonchev–Trinajstić information content (AvgIpc) is 2.91. The summed E-state index contributed by atoms with van der Waals surface area (Å²) in [7, 11) is 0. The van der Waals surface area contributed by atoms with E-state index in [2.05, 4.69) is 37.6 Å². The molecule has 1 aliphatic carbocycles. The molecule has 0 heterocycles. The van der Waals surface area contributed by atoms with Crippen molar-refractivity contribution in [3.8, 4) is 0 Å². The molecular formula is C13H26N2.